The van der Waals surface area contributed by atoms with Crippen molar-refractivity contribution in [1.29, 1.82) is 5.26 Å². The van der Waals surface area contributed by atoms with Crippen LogP contribution in [0.3, 0.4) is 0 Å². The summed E-state index contributed by atoms with van der Waals surface area (Å²) in [5.41, 5.74) is -1.49. The minimum atomic E-state index is -1.56. The Balaban J connectivity index is 3.21. The standard InChI is InChI=1S/C11H11F2NO/c1-7(6-14)11(2,15)8-3-9(12)5-10(13)4-8/h3-5,7,15H,1-2H3. The van der Waals surface area contributed by atoms with Crippen molar-refractivity contribution in [3.8, 4) is 6.07 Å². The number of nitrogens with zero attached hydrogens (tertiary/aromatic N) is 1. The SMILES string of the molecule is CC(C#N)C(C)(O)c1cc(F)cc(F)c1. The highest BCUT2D eigenvalue weighted by Gasteiger charge is 2.31. The van der Waals surface area contributed by atoms with Crippen molar-refractivity contribution >= 4 is 0 Å². The van der Waals surface area contributed by atoms with Gasteiger partial charge < -0.3 is 5.11 Å². The van der Waals surface area contributed by atoms with E-state index < -0.39 is 23.2 Å². The third-order valence-corrected chi connectivity index (χ3v) is 2.48. The molecule has 0 aliphatic carbocycles. The van der Waals surface area contributed by atoms with Crippen LogP contribution in [0, 0.1) is 28.9 Å². The Bertz CT molecular complexity index is 389. The van der Waals surface area contributed by atoms with Crippen LogP contribution in [0.5, 0.6) is 0 Å². The quantitative estimate of drug-likeness (QED) is 0.815. The van der Waals surface area contributed by atoms with Crippen molar-refractivity contribution in [3.05, 3.63) is 35.4 Å². The van der Waals surface area contributed by atoms with Crippen LogP contribution in [0.1, 0.15) is 19.4 Å². The van der Waals surface area contributed by atoms with Gasteiger partial charge in [0.2, 0.25) is 0 Å². The van der Waals surface area contributed by atoms with E-state index in [4.69, 9.17) is 5.26 Å². The smallest absolute Gasteiger partial charge is 0.126 e. The van der Waals surface area contributed by atoms with Crippen LogP contribution in [0.25, 0.3) is 0 Å². The molecule has 1 aromatic rings. The van der Waals surface area contributed by atoms with Gasteiger partial charge in [-0.1, -0.05) is 0 Å². The molecule has 4 heteroatoms. The van der Waals surface area contributed by atoms with E-state index in [2.05, 4.69) is 0 Å². The van der Waals surface area contributed by atoms with E-state index >= 15 is 0 Å². The molecule has 80 valence electrons. The van der Waals surface area contributed by atoms with Gasteiger partial charge in [0.1, 0.15) is 17.2 Å². The van der Waals surface area contributed by atoms with Crippen molar-refractivity contribution in [2.45, 2.75) is 19.4 Å². The van der Waals surface area contributed by atoms with Gasteiger partial charge in [-0.3, -0.25) is 0 Å². The lowest BCUT2D eigenvalue weighted by Gasteiger charge is -2.26. The fourth-order valence-corrected chi connectivity index (χ4v) is 1.22. The number of hydrogen-bond donors (Lipinski definition) is 1. The second kappa shape index (κ2) is 3.95. The molecule has 0 fully saturated rings. The Morgan fingerprint density at radius 2 is 1.80 bits per heavy atom. The Morgan fingerprint density at radius 1 is 1.33 bits per heavy atom. The molecule has 15 heavy (non-hydrogen) atoms. The van der Waals surface area contributed by atoms with Gasteiger partial charge in [-0.25, -0.2) is 8.78 Å². The lowest BCUT2D eigenvalue weighted by molar-refractivity contribution is 0.0226. The van der Waals surface area contributed by atoms with Crippen LogP contribution < -0.4 is 0 Å². The second-order valence-corrected chi connectivity index (χ2v) is 3.66. The second-order valence-electron chi connectivity index (χ2n) is 3.66. The molecular weight excluding hydrogens is 200 g/mol. The van der Waals surface area contributed by atoms with Gasteiger partial charge >= 0.3 is 0 Å². The van der Waals surface area contributed by atoms with E-state index in [9.17, 15) is 13.9 Å². The molecule has 2 atom stereocenters. The third kappa shape index (κ3) is 2.31. The molecule has 0 saturated carbocycles. The molecule has 0 aliphatic heterocycles. The number of rotatable bonds is 2. The van der Waals surface area contributed by atoms with E-state index in [1.54, 1.807) is 0 Å². The summed E-state index contributed by atoms with van der Waals surface area (Å²) in [6.07, 6.45) is 0. The minimum Gasteiger partial charge on any atom is -0.384 e. The van der Waals surface area contributed by atoms with Gasteiger partial charge in [0, 0.05) is 6.07 Å². The molecule has 0 bridgehead atoms. The lowest BCUT2D eigenvalue weighted by atomic mass is 9.85. The number of benzene rings is 1. The van der Waals surface area contributed by atoms with E-state index in [-0.39, 0.29) is 5.56 Å². The Morgan fingerprint density at radius 3 is 2.20 bits per heavy atom. The first kappa shape index (κ1) is 11.6. The molecule has 0 amide bonds. The van der Waals surface area contributed by atoms with Crippen LogP contribution in [0.15, 0.2) is 18.2 Å². The zero-order valence-electron chi connectivity index (χ0n) is 8.46. The molecule has 0 spiro atoms. The van der Waals surface area contributed by atoms with Crippen molar-refractivity contribution in [3.63, 3.8) is 0 Å². The number of halogens is 2. The normalized spacial score (nSPS) is 16.5. The van der Waals surface area contributed by atoms with Gasteiger partial charge in [0.25, 0.3) is 0 Å². The van der Waals surface area contributed by atoms with Crippen molar-refractivity contribution in [2.24, 2.45) is 5.92 Å². The van der Waals surface area contributed by atoms with Crippen molar-refractivity contribution in [2.75, 3.05) is 0 Å². The van der Waals surface area contributed by atoms with Gasteiger partial charge in [-0.05, 0) is 31.5 Å². The Kier molecular flexibility index (Phi) is 3.06. The topological polar surface area (TPSA) is 44.0 Å². The molecule has 0 aliphatic rings. The fourth-order valence-electron chi connectivity index (χ4n) is 1.22. The molecule has 0 heterocycles. The lowest BCUT2D eigenvalue weighted by Crippen LogP contribution is -2.29. The van der Waals surface area contributed by atoms with Crippen molar-refractivity contribution in [1.82, 2.24) is 0 Å². The summed E-state index contributed by atoms with van der Waals surface area (Å²) in [5, 5.41) is 18.6. The van der Waals surface area contributed by atoms with Crippen LogP contribution in [-0.2, 0) is 5.60 Å². The van der Waals surface area contributed by atoms with Gasteiger partial charge in [0.05, 0.1) is 12.0 Å². The van der Waals surface area contributed by atoms with Crippen LogP contribution in [0.2, 0.25) is 0 Å². The highest BCUT2D eigenvalue weighted by Crippen LogP contribution is 2.29. The zero-order chi connectivity index (χ0) is 11.6. The maximum atomic E-state index is 12.9. The van der Waals surface area contributed by atoms with Crippen LogP contribution in [0.4, 0.5) is 8.78 Å². The third-order valence-electron chi connectivity index (χ3n) is 2.48. The van der Waals surface area contributed by atoms with E-state index in [1.165, 1.54) is 13.8 Å². The molecule has 2 unspecified atom stereocenters. The van der Waals surface area contributed by atoms with Crippen LogP contribution >= 0.6 is 0 Å². The first-order valence-corrected chi connectivity index (χ1v) is 4.46. The monoisotopic (exact) mass is 211 g/mol. The van der Waals surface area contributed by atoms with E-state index in [1.807, 2.05) is 6.07 Å². The summed E-state index contributed by atoms with van der Waals surface area (Å²) in [4.78, 5) is 0. The average molecular weight is 211 g/mol. The number of hydrogen-bond acceptors (Lipinski definition) is 2. The highest BCUT2D eigenvalue weighted by atomic mass is 19.1. The van der Waals surface area contributed by atoms with Gasteiger partial charge in [-0.15, -0.1) is 0 Å². The van der Waals surface area contributed by atoms with Gasteiger partial charge in [0.15, 0.2) is 0 Å². The molecule has 0 saturated heterocycles. The zero-order valence-corrected chi connectivity index (χ0v) is 8.46. The summed E-state index contributed by atoms with van der Waals surface area (Å²) in [6, 6.07) is 4.62. The van der Waals surface area contributed by atoms with Crippen molar-refractivity contribution < 1.29 is 13.9 Å². The summed E-state index contributed by atoms with van der Waals surface area (Å²) in [5.74, 6) is -2.29. The minimum absolute atomic E-state index is 0.0639. The predicted octanol–water partition coefficient (Wildman–Crippen LogP) is 2.33. The largest absolute Gasteiger partial charge is 0.384 e. The maximum Gasteiger partial charge on any atom is 0.126 e. The fraction of sp³-hybridized carbons (Fsp3) is 0.364. The number of aliphatic hydroxyl groups is 1. The summed E-state index contributed by atoms with van der Waals surface area (Å²) >= 11 is 0. The average Bonchev–Trinajstić information content (AvgIpc) is 2.15. The Hall–Kier alpha value is -1.47. The molecule has 1 N–H and O–H groups in total. The number of nitriles is 1. The van der Waals surface area contributed by atoms with E-state index in [0.717, 1.165) is 18.2 Å². The Labute approximate surface area is 86.8 Å². The first-order valence-electron chi connectivity index (χ1n) is 4.46. The predicted molar refractivity (Wildman–Crippen MR) is 50.7 cm³/mol. The van der Waals surface area contributed by atoms with Crippen LogP contribution in [-0.4, -0.2) is 5.11 Å². The van der Waals surface area contributed by atoms with Gasteiger partial charge in [-0.2, -0.15) is 5.26 Å². The molecule has 0 radical (unpaired) electrons. The maximum absolute atomic E-state index is 12.9. The van der Waals surface area contributed by atoms with E-state index in [0.29, 0.717) is 0 Å². The molecule has 1 rings (SSSR count). The summed E-state index contributed by atoms with van der Waals surface area (Å²) in [6.45, 7) is 2.85. The highest BCUT2D eigenvalue weighted by molar-refractivity contribution is 5.25. The summed E-state index contributed by atoms with van der Waals surface area (Å²) in [7, 11) is 0. The molecule has 1 aromatic carbocycles. The molecule has 0 aromatic heterocycles. The first-order chi connectivity index (χ1) is 6.87. The molecular formula is C11H11F2NO. The summed E-state index contributed by atoms with van der Waals surface area (Å²) < 4.78 is 25.8. The molecule has 2 nitrogen and oxygen atoms in total.